The van der Waals surface area contributed by atoms with Crippen molar-refractivity contribution in [2.75, 3.05) is 32.7 Å². The Morgan fingerprint density at radius 2 is 1.92 bits per heavy atom. The summed E-state index contributed by atoms with van der Waals surface area (Å²) in [5.74, 6) is 0.550. The van der Waals surface area contributed by atoms with Gasteiger partial charge in [0.2, 0.25) is 0 Å². The highest BCUT2D eigenvalue weighted by Crippen LogP contribution is 2.22. The number of piperazine rings is 1. The largest absolute Gasteiger partial charge is 0.444 e. The predicted octanol–water partition coefficient (Wildman–Crippen LogP) is 2.92. The van der Waals surface area contributed by atoms with Crippen LogP contribution in [0.15, 0.2) is 20.9 Å². The molecular formula is C16H25BrN4O2S. The van der Waals surface area contributed by atoms with E-state index in [1.54, 1.807) is 16.2 Å². The number of hydrogen-bond acceptors (Lipinski definition) is 4. The third kappa shape index (κ3) is 5.98. The molecule has 1 saturated heterocycles. The summed E-state index contributed by atoms with van der Waals surface area (Å²) in [7, 11) is 0. The zero-order valence-corrected chi connectivity index (χ0v) is 16.8. The van der Waals surface area contributed by atoms with Gasteiger partial charge in [-0.25, -0.2) is 4.79 Å². The molecule has 8 heteroatoms. The molecule has 1 aliphatic rings. The summed E-state index contributed by atoms with van der Waals surface area (Å²) in [6, 6.07) is 4.14. The maximum absolute atomic E-state index is 12.0. The number of ether oxygens (including phenoxy) is 1. The molecule has 0 bridgehead atoms. The van der Waals surface area contributed by atoms with Crippen LogP contribution in [0.1, 0.15) is 25.6 Å². The summed E-state index contributed by atoms with van der Waals surface area (Å²) in [4.78, 5) is 21.5. The second-order valence-corrected chi connectivity index (χ2v) is 9.20. The second-order valence-electron chi connectivity index (χ2n) is 6.65. The van der Waals surface area contributed by atoms with Gasteiger partial charge in [0, 0.05) is 44.0 Å². The van der Waals surface area contributed by atoms with Crippen LogP contribution in [0.25, 0.3) is 0 Å². The number of hydrogen-bond donors (Lipinski definition) is 1. The minimum Gasteiger partial charge on any atom is -0.444 e. The van der Waals surface area contributed by atoms with Crippen LogP contribution in [0, 0.1) is 0 Å². The highest BCUT2D eigenvalue weighted by molar-refractivity contribution is 9.11. The zero-order valence-electron chi connectivity index (χ0n) is 14.4. The average Bonchev–Trinajstić information content (AvgIpc) is 2.91. The number of rotatable bonds is 3. The van der Waals surface area contributed by atoms with E-state index < -0.39 is 5.60 Å². The summed E-state index contributed by atoms with van der Waals surface area (Å²) in [5.41, 5.74) is 5.61. The van der Waals surface area contributed by atoms with E-state index in [0.717, 1.165) is 10.2 Å². The Morgan fingerprint density at radius 1 is 1.29 bits per heavy atom. The van der Waals surface area contributed by atoms with Gasteiger partial charge in [-0.05, 0) is 48.8 Å². The van der Waals surface area contributed by atoms with Crippen LogP contribution in [0.2, 0.25) is 0 Å². The summed E-state index contributed by atoms with van der Waals surface area (Å²) < 4.78 is 6.53. The number of nitrogens with two attached hydrogens (primary N) is 1. The molecule has 1 aliphatic heterocycles. The van der Waals surface area contributed by atoms with E-state index in [0.29, 0.717) is 38.7 Å². The molecule has 1 aromatic rings. The van der Waals surface area contributed by atoms with Gasteiger partial charge in [0.1, 0.15) is 5.60 Å². The lowest BCUT2D eigenvalue weighted by Gasteiger charge is -2.36. The lowest BCUT2D eigenvalue weighted by molar-refractivity contribution is 0.0186. The van der Waals surface area contributed by atoms with Crippen LogP contribution in [-0.2, 0) is 11.2 Å². The fraction of sp³-hybridized carbons (Fsp3) is 0.625. The van der Waals surface area contributed by atoms with Gasteiger partial charge in [0.25, 0.3) is 0 Å². The van der Waals surface area contributed by atoms with Crippen LogP contribution < -0.4 is 5.73 Å². The maximum atomic E-state index is 12.0. The third-order valence-corrected chi connectivity index (χ3v) is 5.20. The molecule has 0 aromatic carbocycles. The highest BCUT2D eigenvalue weighted by atomic mass is 79.9. The molecule has 0 saturated carbocycles. The van der Waals surface area contributed by atoms with E-state index in [2.05, 4.69) is 27.0 Å². The van der Waals surface area contributed by atoms with Crippen molar-refractivity contribution in [2.45, 2.75) is 32.8 Å². The maximum Gasteiger partial charge on any atom is 0.410 e. The fourth-order valence-corrected chi connectivity index (χ4v) is 3.78. The topological polar surface area (TPSA) is 71.2 Å². The molecule has 2 rings (SSSR count). The van der Waals surface area contributed by atoms with E-state index in [4.69, 9.17) is 10.5 Å². The molecule has 6 nitrogen and oxygen atoms in total. The molecule has 134 valence electrons. The van der Waals surface area contributed by atoms with Crippen LogP contribution in [0.5, 0.6) is 0 Å². The molecule has 1 aromatic heterocycles. The van der Waals surface area contributed by atoms with Crippen molar-refractivity contribution in [3.05, 3.63) is 20.8 Å². The molecule has 0 radical (unpaired) electrons. The first-order chi connectivity index (χ1) is 11.2. The Bertz CT molecular complexity index is 589. The Labute approximate surface area is 155 Å². The SMILES string of the molecule is CC(C)(C)OC(=O)N1CCN(C(N)=NCCc2ccc(Br)s2)CC1. The minimum absolute atomic E-state index is 0.263. The molecule has 0 unspecified atom stereocenters. The summed E-state index contributed by atoms with van der Waals surface area (Å²) >= 11 is 5.18. The zero-order chi connectivity index (χ0) is 17.7. The minimum atomic E-state index is -0.467. The normalized spacial score (nSPS) is 16.4. The Balaban J connectivity index is 1.76. The fourth-order valence-electron chi connectivity index (χ4n) is 2.31. The lowest BCUT2D eigenvalue weighted by Crippen LogP contribution is -2.53. The van der Waals surface area contributed by atoms with Crippen molar-refractivity contribution in [3.8, 4) is 0 Å². The summed E-state index contributed by atoms with van der Waals surface area (Å²) in [5, 5.41) is 0. The number of guanidine groups is 1. The van der Waals surface area contributed by atoms with Gasteiger partial charge in [-0.2, -0.15) is 0 Å². The van der Waals surface area contributed by atoms with Crippen LogP contribution >= 0.6 is 27.3 Å². The molecular weight excluding hydrogens is 392 g/mol. The smallest absolute Gasteiger partial charge is 0.410 e. The Morgan fingerprint density at radius 3 is 2.46 bits per heavy atom. The first kappa shape index (κ1) is 19.1. The highest BCUT2D eigenvalue weighted by Gasteiger charge is 2.26. The molecule has 0 atom stereocenters. The van der Waals surface area contributed by atoms with Gasteiger partial charge >= 0.3 is 6.09 Å². The van der Waals surface area contributed by atoms with Crippen molar-refractivity contribution < 1.29 is 9.53 Å². The van der Waals surface area contributed by atoms with Gasteiger partial charge < -0.3 is 20.3 Å². The van der Waals surface area contributed by atoms with Gasteiger partial charge in [-0.15, -0.1) is 11.3 Å². The number of carbonyl (C=O) groups is 1. The van der Waals surface area contributed by atoms with Crippen molar-refractivity contribution in [1.29, 1.82) is 0 Å². The quantitative estimate of drug-likeness (QED) is 0.607. The first-order valence-electron chi connectivity index (χ1n) is 8.01. The van der Waals surface area contributed by atoms with E-state index >= 15 is 0 Å². The summed E-state index contributed by atoms with van der Waals surface area (Å²) in [6.45, 7) is 8.85. The molecule has 24 heavy (non-hydrogen) atoms. The number of aliphatic imine (C=N–C) groups is 1. The van der Waals surface area contributed by atoms with Crippen LogP contribution in [0.3, 0.4) is 0 Å². The van der Waals surface area contributed by atoms with E-state index in [1.165, 1.54) is 4.88 Å². The Kier molecular flexibility index (Phi) is 6.51. The van der Waals surface area contributed by atoms with E-state index in [-0.39, 0.29) is 6.09 Å². The molecule has 1 fully saturated rings. The molecule has 1 amide bonds. The average molecular weight is 417 g/mol. The van der Waals surface area contributed by atoms with E-state index in [1.807, 2.05) is 31.7 Å². The number of amides is 1. The summed E-state index contributed by atoms with van der Waals surface area (Å²) in [6.07, 6.45) is 0.621. The first-order valence-corrected chi connectivity index (χ1v) is 9.62. The van der Waals surface area contributed by atoms with Crippen molar-refractivity contribution >= 4 is 39.3 Å². The van der Waals surface area contributed by atoms with Gasteiger partial charge in [0.05, 0.1) is 3.79 Å². The monoisotopic (exact) mass is 416 g/mol. The molecule has 0 spiro atoms. The van der Waals surface area contributed by atoms with Crippen molar-refractivity contribution in [3.63, 3.8) is 0 Å². The number of halogens is 1. The number of thiophene rings is 1. The van der Waals surface area contributed by atoms with E-state index in [9.17, 15) is 4.79 Å². The lowest BCUT2D eigenvalue weighted by atomic mass is 10.2. The third-order valence-electron chi connectivity index (χ3n) is 3.52. The van der Waals surface area contributed by atoms with Crippen LogP contribution in [-0.4, -0.2) is 60.2 Å². The second kappa shape index (κ2) is 8.20. The van der Waals surface area contributed by atoms with Crippen LogP contribution in [0.4, 0.5) is 4.79 Å². The number of nitrogens with zero attached hydrogens (tertiary/aromatic N) is 3. The van der Waals surface area contributed by atoms with Crippen molar-refractivity contribution in [2.24, 2.45) is 10.7 Å². The predicted molar refractivity (Wildman–Crippen MR) is 102 cm³/mol. The molecule has 0 aliphatic carbocycles. The molecule has 2 N–H and O–H groups in total. The van der Waals surface area contributed by atoms with Gasteiger partial charge in [0.15, 0.2) is 5.96 Å². The van der Waals surface area contributed by atoms with Crippen molar-refractivity contribution in [1.82, 2.24) is 9.80 Å². The standard InChI is InChI=1S/C16H25BrN4O2S/c1-16(2,3)23-15(22)21-10-8-20(9-11-21)14(18)19-7-6-12-4-5-13(17)24-12/h4-5H,6-11H2,1-3H3,(H2,18,19). The number of carbonyl (C=O) groups excluding carboxylic acids is 1. The molecule has 2 heterocycles. The van der Waals surface area contributed by atoms with Gasteiger partial charge in [-0.3, -0.25) is 4.99 Å². The Hall–Kier alpha value is -1.28. The van der Waals surface area contributed by atoms with Gasteiger partial charge in [-0.1, -0.05) is 0 Å².